The molecule has 0 radical (unpaired) electrons. The van der Waals surface area contributed by atoms with Gasteiger partial charge in [-0.25, -0.2) is 4.79 Å². The lowest BCUT2D eigenvalue weighted by atomic mass is 9.85. The zero-order valence-electron chi connectivity index (χ0n) is 18.9. The first-order chi connectivity index (χ1) is 15.4. The molecule has 8 heteroatoms. The van der Waals surface area contributed by atoms with Gasteiger partial charge in [-0.05, 0) is 64.2 Å². The Labute approximate surface area is 188 Å². The molecule has 168 valence electrons. The molecule has 2 aromatic heterocycles. The monoisotopic (exact) mass is 434 g/mol. The number of ether oxygens (including phenoxy) is 1. The minimum Gasteiger partial charge on any atom is -0.444 e. The van der Waals surface area contributed by atoms with Crippen LogP contribution in [-0.2, 0) is 17.8 Å². The number of rotatable bonds is 2. The standard InChI is InChI=1S/C24H30N6O2/c1-24(2,3)32-23(31)28-15-18-7-4-5-8-20(18)30-21(16-28)26-27-22(30)17-9-11-19(12-10-17)29-14-6-13-25-29/h4-8,13-14,17,19H,9-12,15-16H2,1-3H3. The number of para-hydroxylation sites is 1. The maximum absolute atomic E-state index is 12.9. The van der Waals surface area contributed by atoms with Crippen LogP contribution in [0.1, 0.15) is 75.6 Å². The summed E-state index contributed by atoms with van der Waals surface area (Å²) in [5.41, 5.74) is 1.58. The van der Waals surface area contributed by atoms with Crippen molar-refractivity contribution >= 4 is 6.09 Å². The van der Waals surface area contributed by atoms with Crippen LogP contribution in [0.25, 0.3) is 5.69 Å². The summed E-state index contributed by atoms with van der Waals surface area (Å²) >= 11 is 0. The van der Waals surface area contributed by atoms with Gasteiger partial charge in [-0.3, -0.25) is 14.1 Å². The van der Waals surface area contributed by atoms with Gasteiger partial charge in [-0.2, -0.15) is 5.10 Å². The molecule has 5 rings (SSSR count). The molecule has 0 bridgehead atoms. The molecule has 1 saturated carbocycles. The maximum atomic E-state index is 12.9. The van der Waals surface area contributed by atoms with Crippen LogP contribution in [-0.4, -0.2) is 41.1 Å². The van der Waals surface area contributed by atoms with Crippen LogP contribution in [0.5, 0.6) is 0 Å². The molecular weight excluding hydrogens is 404 g/mol. The van der Waals surface area contributed by atoms with Crippen LogP contribution < -0.4 is 0 Å². The molecule has 0 N–H and O–H groups in total. The SMILES string of the molecule is CC(C)(C)OC(=O)N1Cc2ccccc2-n2c(nnc2C2CCC(n3cccn3)CC2)C1. The number of hydrogen-bond donors (Lipinski definition) is 0. The van der Waals surface area contributed by atoms with Crippen molar-refractivity contribution in [3.05, 3.63) is 59.9 Å². The number of benzene rings is 1. The Bertz CT molecular complexity index is 1090. The normalized spacial score (nSPS) is 20.9. The Balaban J connectivity index is 1.44. The summed E-state index contributed by atoms with van der Waals surface area (Å²) < 4.78 is 9.91. The van der Waals surface area contributed by atoms with E-state index in [1.165, 1.54) is 0 Å². The molecule has 2 aliphatic rings. The van der Waals surface area contributed by atoms with Gasteiger partial charge >= 0.3 is 6.09 Å². The van der Waals surface area contributed by atoms with Crippen molar-refractivity contribution in [2.75, 3.05) is 0 Å². The van der Waals surface area contributed by atoms with Gasteiger partial charge in [0.15, 0.2) is 5.82 Å². The fourth-order valence-corrected chi connectivity index (χ4v) is 4.81. The smallest absolute Gasteiger partial charge is 0.411 e. The van der Waals surface area contributed by atoms with Gasteiger partial charge in [0.05, 0.1) is 24.8 Å². The first-order valence-corrected chi connectivity index (χ1v) is 11.4. The molecule has 1 aliphatic heterocycles. The third-order valence-electron chi connectivity index (χ3n) is 6.29. The fraction of sp³-hybridized carbons (Fsp3) is 0.500. The summed E-state index contributed by atoms with van der Waals surface area (Å²) in [5, 5.41) is 13.6. The number of carbonyl (C=O) groups is 1. The largest absolute Gasteiger partial charge is 0.444 e. The van der Waals surface area contributed by atoms with Crippen LogP contribution in [0.3, 0.4) is 0 Å². The predicted octanol–water partition coefficient (Wildman–Crippen LogP) is 4.61. The average Bonchev–Trinajstić information content (AvgIpc) is 3.40. The summed E-state index contributed by atoms with van der Waals surface area (Å²) in [6, 6.07) is 10.6. The van der Waals surface area contributed by atoms with Crippen molar-refractivity contribution in [3.63, 3.8) is 0 Å². The first-order valence-electron chi connectivity index (χ1n) is 11.4. The highest BCUT2D eigenvalue weighted by molar-refractivity contribution is 5.68. The molecule has 32 heavy (non-hydrogen) atoms. The van der Waals surface area contributed by atoms with Gasteiger partial charge in [0.25, 0.3) is 0 Å². The molecule has 0 unspecified atom stereocenters. The quantitative estimate of drug-likeness (QED) is 0.588. The van der Waals surface area contributed by atoms with Gasteiger partial charge in [0.1, 0.15) is 11.4 Å². The minimum atomic E-state index is -0.547. The molecule has 1 amide bonds. The Morgan fingerprint density at radius 3 is 2.53 bits per heavy atom. The predicted molar refractivity (Wildman–Crippen MR) is 119 cm³/mol. The number of nitrogens with zero attached hydrogens (tertiary/aromatic N) is 6. The van der Waals surface area contributed by atoms with Gasteiger partial charge < -0.3 is 4.74 Å². The van der Waals surface area contributed by atoms with E-state index in [-0.39, 0.29) is 6.09 Å². The molecule has 3 heterocycles. The third-order valence-corrected chi connectivity index (χ3v) is 6.29. The molecule has 3 aromatic rings. The van der Waals surface area contributed by atoms with E-state index in [0.717, 1.165) is 48.6 Å². The number of fused-ring (bicyclic) bond motifs is 3. The highest BCUT2D eigenvalue weighted by Crippen LogP contribution is 2.39. The number of carbonyl (C=O) groups excluding carboxylic acids is 1. The fourth-order valence-electron chi connectivity index (χ4n) is 4.81. The Morgan fingerprint density at radius 2 is 1.81 bits per heavy atom. The zero-order valence-corrected chi connectivity index (χ0v) is 18.9. The van der Waals surface area contributed by atoms with Gasteiger partial charge in [0, 0.05) is 18.3 Å². The first kappa shape index (κ1) is 20.7. The third kappa shape index (κ3) is 4.01. The van der Waals surface area contributed by atoms with Gasteiger partial charge in [-0.15, -0.1) is 10.2 Å². The van der Waals surface area contributed by atoms with E-state index in [1.54, 1.807) is 4.90 Å². The molecule has 1 fully saturated rings. The van der Waals surface area contributed by atoms with E-state index in [0.29, 0.717) is 25.0 Å². The molecular formula is C24H30N6O2. The molecule has 0 saturated heterocycles. The maximum Gasteiger partial charge on any atom is 0.411 e. The lowest BCUT2D eigenvalue weighted by molar-refractivity contribution is 0.0214. The lowest BCUT2D eigenvalue weighted by Gasteiger charge is -2.28. The second-order valence-electron chi connectivity index (χ2n) is 9.77. The van der Waals surface area contributed by atoms with Crippen molar-refractivity contribution in [1.82, 2.24) is 29.4 Å². The molecule has 1 aliphatic carbocycles. The van der Waals surface area contributed by atoms with E-state index in [1.807, 2.05) is 45.2 Å². The van der Waals surface area contributed by atoms with Crippen molar-refractivity contribution in [2.24, 2.45) is 0 Å². The topological polar surface area (TPSA) is 78.1 Å². The molecule has 8 nitrogen and oxygen atoms in total. The lowest BCUT2D eigenvalue weighted by Crippen LogP contribution is -2.35. The van der Waals surface area contributed by atoms with E-state index >= 15 is 0 Å². The van der Waals surface area contributed by atoms with Crippen LogP contribution in [0, 0.1) is 0 Å². The zero-order chi connectivity index (χ0) is 22.3. The Morgan fingerprint density at radius 1 is 1.03 bits per heavy atom. The van der Waals surface area contributed by atoms with E-state index in [2.05, 4.69) is 42.9 Å². The van der Waals surface area contributed by atoms with Gasteiger partial charge in [0.2, 0.25) is 0 Å². The van der Waals surface area contributed by atoms with Gasteiger partial charge in [-0.1, -0.05) is 18.2 Å². The van der Waals surface area contributed by atoms with Crippen molar-refractivity contribution in [2.45, 2.75) is 77.1 Å². The van der Waals surface area contributed by atoms with Crippen molar-refractivity contribution < 1.29 is 9.53 Å². The van der Waals surface area contributed by atoms with Crippen LogP contribution in [0.2, 0.25) is 0 Å². The van der Waals surface area contributed by atoms with Crippen molar-refractivity contribution in [3.8, 4) is 5.69 Å². The van der Waals surface area contributed by atoms with Crippen molar-refractivity contribution in [1.29, 1.82) is 0 Å². The summed E-state index contributed by atoms with van der Waals surface area (Å²) in [6.45, 7) is 6.52. The Hall–Kier alpha value is -3.16. The van der Waals surface area contributed by atoms with Crippen LogP contribution in [0.15, 0.2) is 42.7 Å². The molecule has 0 atom stereocenters. The van der Waals surface area contributed by atoms with E-state index in [4.69, 9.17) is 4.74 Å². The second kappa shape index (κ2) is 8.07. The second-order valence-corrected chi connectivity index (χ2v) is 9.77. The van der Waals surface area contributed by atoms with E-state index < -0.39 is 5.60 Å². The summed E-state index contributed by atoms with van der Waals surface area (Å²) in [6.07, 6.45) is 7.79. The summed E-state index contributed by atoms with van der Waals surface area (Å²) in [7, 11) is 0. The highest BCUT2D eigenvalue weighted by Gasteiger charge is 2.33. The van der Waals surface area contributed by atoms with E-state index in [9.17, 15) is 4.79 Å². The Kier molecular flexibility index (Phi) is 5.23. The molecule has 0 spiro atoms. The summed E-state index contributed by atoms with van der Waals surface area (Å²) in [5.74, 6) is 2.12. The summed E-state index contributed by atoms with van der Waals surface area (Å²) in [4.78, 5) is 14.6. The molecule has 1 aromatic carbocycles. The minimum absolute atomic E-state index is 0.329. The number of aromatic nitrogens is 5. The highest BCUT2D eigenvalue weighted by atomic mass is 16.6. The van der Waals surface area contributed by atoms with Crippen LogP contribution in [0.4, 0.5) is 4.79 Å². The number of hydrogen-bond acceptors (Lipinski definition) is 5. The van der Waals surface area contributed by atoms with Crippen LogP contribution >= 0.6 is 0 Å². The number of amides is 1. The average molecular weight is 435 g/mol.